The molecule has 0 aliphatic heterocycles. The molecule has 88 valence electrons. The average molecular weight is 233 g/mol. The molecule has 0 spiro atoms. The van der Waals surface area contributed by atoms with E-state index in [1.54, 1.807) is 24.4 Å². The van der Waals surface area contributed by atoms with Gasteiger partial charge in [-0.1, -0.05) is 6.07 Å². The van der Waals surface area contributed by atoms with Crippen LogP contribution in [0.2, 0.25) is 0 Å². The number of aliphatic hydroxyl groups excluding tert-OH is 1. The maximum absolute atomic E-state index is 13.1. The summed E-state index contributed by atoms with van der Waals surface area (Å²) in [6.07, 6.45) is 1.56. The first kappa shape index (κ1) is 11.5. The van der Waals surface area contributed by atoms with E-state index >= 15 is 0 Å². The van der Waals surface area contributed by atoms with Crippen molar-refractivity contribution < 1.29 is 14.2 Å². The number of nitrogens with zero attached hydrogens (tertiary/aromatic N) is 1. The minimum absolute atomic E-state index is 0.169. The molecule has 0 aliphatic rings. The highest BCUT2D eigenvalue weighted by atomic mass is 19.1. The number of hydrogen-bond donors (Lipinski definition) is 1. The van der Waals surface area contributed by atoms with Crippen molar-refractivity contribution in [3.63, 3.8) is 0 Å². The van der Waals surface area contributed by atoms with E-state index in [4.69, 9.17) is 9.84 Å². The van der Waals surface area contributed by atoms with Crippen molar-refractivity contribution in [1.29, 1.82) is 0 Å². The van der Waals surface area contributed by atoms with E-state index < -0.39 is 0 Å². The fourth-order valence-electron chi connectivity index (χ4n) is 1.42. The fraction of sp³-hybridized carbons (Fsp3) is 0.154. The minimum Gasteiger partial charge on any atom is -0.438 e. The van der Waals surface area contributed by atoms with Gasteiger partial charge in [0.1, 0.15) is 11.6 Å². The SMILES string of the molecule is Cc1ccc(F)cc1Oc1ncccc1CO. The third-order valence-electron chi connectivity index (χ3n) is 2.38. The van der Waals surface area contributed by atoms with E-state index in [-0.39, 0.29) is 12.4 Å². The van der Waals surface area contributed by atoms with E-state index in [1.807, 2.05) is 6.92 Å². The van der Waals surface area contributed by atoms with Crippen molar-refractivity contribution in [2.24, 2.45) is 0 Å². The molecule has 1 aromatic heterocycles. The van der Waals surface area contributed by atoms with Crippen molar-refractivity contribution in [3.05, 3.63) is 53.5 Å². The molecule has 1 aromatic carbocycles. The predicted octanol–water partition coefficient (Wildman–Crippen LogP) is 2.81. The molecule has 3 nitrogen and oxygen atoms in total. The molecule has 0 bridgehead atoms. The molecule has 4 heteroatoms. The Morgan fingerprint density at radius 3 is 2.94 bits per heavy atom. The van der Waals surface area contributed by atoms with Crippen LogP contribution in [0.15, 0.2) is 36.5 Å². The second-order valence-corrected chi connectivity index (χ2v) is 3.64. The first-order valence-electron chi connectivity index (χ1n) is 5.19. The molecular weight excluding hydrogens is 221 g/mol. The zero-order valence-corrected chi connectivity index (χ0v) is 9.35. The summed E-state index contributed by atoms with van der Waals surface area (Å²) in [5, 5.41) is 9.13. The van der Waals surface area contributed by atoms with E-state index in [0.717, 1.165) is 5.56 Å². The lowest BCUT2D eigenvalue weighted by Gasteiger charge is -2.10. The number of ether oxygens (including phenoxy) is 1. The summed E-state index contributed by atoms with van der Waals surface area (Å²) in [6, 6.07) is 7.71. The van der Waals surface area contributed by atoms with Crippen molar-refractivity contribution >= 4 is 0 Å². The molecule has 0 amide bonds. The molecule has 0 saturated carbocycles. The standard InChI is InChI=1S/C13H12FNO2/c1-9-4-5-11(14)7-12(9)17-13-10(8-16)3-2-6-15-13/h2-7,16H,8H2,1H3. The Morgan fingerprint density at radius 1 is 1.35 bits per heavy atom. The van der Waals surface area contributed by atoms with Gasteiger partial charge in [0.05, 0.1) is 6.61 Å². The third-order valence-corrected chi connectivity index (χ3v) is 2.38. The lowest BCUT2D eigenvalue weighted by atomic mass is 10.2. The highest BCUT2D eigenvalue weighted by Gasteiger charge is 2.07. The molecular formula is C13H12FNO2. The summed E-state index contributed by atoms with van der Waals surface area (Å²) in [5.41, 5.74) is 1.37. The van der Waals surface area contributed by atoms with Gasteiger partial charge in [-0.05, 0) is 30.7 Å². The molecule has 17 heavy (non-hydrogen) atoms. The highest BCUT2D eigenvalue weighted by molar-refractivity contribution is 5.37. The van der Waals surface area contributed by atoms with Crippen LogP contribution < -0.4 is 4.74 Å². The number of aromatic nitrogens is 1. The quantitative estimate of drug-likeness (QED) is 0.886. The van der Waals surface area contributed by atoms with Crippen LogP contribution in [0.4, 0.5) is 4.39 Å². The van der Waals surface area contributed by atoms with Gasteiger partial charge in [-0.25, -0.2) is 9.37 Å². The Hall–Kier alpha value is -1.94. The lowest BCUT2D eigenvalue weighted by Crippen LogP contribution is -1.96. The number of rotatable bonds is 3. The van der Waals surface area contributed by atoms with E-state index in [9.17, 15) is 4.39 Å². The first-order chi connectivity index (χ1) is 8.20. The van der Waals surface area contributed by atoms with Crippen LogP contribution in [0, 0.1) is 12.7 Å². The Morgan fingerprint density at radius 2 is 2.18 bits per heavy atom. The van der Waals surface area contributed by atoms with Gasteiger partial charge < -0.3 is 9.84 Å². The average Bonchev–Trinajstić information content (AvgIpc) is 2.34. The Balaban J connectivity index is 2.34. The summed E-state index contributed by atoms with van der Waals surface area (Å²) in [6.45, 7) is 1.65. The summed E-state index contributed by atoms with van der Waals surface area (Å²) in [5.74, 6) is 0.328. The summed E-state index contributed by atoms with van der Waals surface area (Å²) >= 11 is 0. The van der Waals surface area contributed by atoms with E-state index in [2.05, 4.69) is 4.98 Å². The van der Waals surface area contributed by atoms with Crippen molar-refractivity contribution in [3.8, 4) is 11.6 Å². The molecule has 1 heterocycles. The number of aliphatic hydroxyl groups is 1. The predicted molar refractivity (Wildman–Crippen MR) is 61.4 cm³/mol. The molecule has 1 N–H and O–H groups in total. The molecule has 0 atom stereocenters. The van der Waals surface area contributed by atoms with Gasteiger partial charge in [0, 0.05) is 17.8 Å². The Kier molecular flexibility index (Phi) is 3.35. The van der Waals surface area contributed by atoms with Crippen LogP contribution in [0.3, 0.4) is 0 Å². The molecule has 0 aliphatic carbocycles. The van der Waals surface area contributed by atoms with Gasteiger partial charge in [-0.3, -0.25) is 0 Å². The zero-order valence-electron chi connectivity index (χ0n) is 9.35. The van der Waals surface area contributed by atoms with Gasteiger partial charge in [0.25, 0.3) is 0 Å². The van der Waals surface area contributed by atoms with Gasteiger partial charge in [-0.15, -0.1) is 0 Å². The number of pyridine rings is 1. The third kappa shape index (κ3) is 2.60. The Labute approximate surface area is 98.5 Å². The highest BCUT2D eigenvalue weighted by Crippen LogP contribution is 2.26. The second kappa shape index (κ2) is 4.93. The van der Waals surface area contributed by atoms with Crippen LogP contribution in [-0.4, -0.2) is 10.1 Å². The number of halogens is 1. The van der Waals surface area contributed by atoms with Crippen molar-refractivity contribution in [2.75, 3.05) is 0 Å². The molecule has 0 unspecified atom stereocenters. The van der Waals surface area contributed by atoms with Crippen molar-refractivity contribution in [2.45, 2.75) is 13.5 Å². The number of hydrogen-bond acceptors (Lipinski definition) is 3. The topological polar surface area (TPSA) is 42.4 Å². The molecule has 2 rings (SSSR count). The fourth-order valence-corrected chi connectivity index (χ4v) is 1.42. The maximum atomic E-state index is 13.1. The van der Waals surface area contributed by atoms with Gasteiger partial charge >= 0.3 is 0 Å². The van der Waals surface area contributed by atoms with Gasteiger partial charge in [0.15, 0.2) is 0 Å². The largest absolute Gasteiger partial charge is 0.438 e. The molecule has 0 saturated heterocycles. The van der Waals surface area contributed by atoms with Crippen LogP contribution >= 0.6 is 0 Å². The summed E-state index contributed by atoms with van der Waals surface area (Å²) in [7, 11) is 0. The lowest BCUT2D eigenvalue weighted by molar-refractivity contribution is 0.275. The summed E-state index contributed by atoms with van der Waals surface area (Å²) < 4.78 is 18.6. The van der Waals surface area contributed by atoms with Crippen LogP contribution in [-0.2, 0) is 6.61 Å². The van der Waals surface area contributed by atoms with Crippen LogP contribution in [0.25, 0.3) is 0 Å². The molecule has 0 radical (unpaired) electrons. The molecule has 0 fully saturated rings. The van der Waals surface area contributed by atoms with Crippen LogP contribution in [0.5, 0.6) is 11.6 Å². The zero-order chi connectivity index (χ0) is 12.3. The van der Waals surface area contributed by atoms with Gasteiger partial charge in [-0.2, -0.15) is 0 Å². The second-order valence-electron chi connectivity index (χ2n) is 3.64. The number of benzene rings is 1. The first-order valence-corrected chi connectivity index (χ1v) is 5.19. The van der Waals surface area contributed by atoms with Gasteiger partial charge in [0.2, 0.25) is 5.88 Å². The van der Waals surface area contributed by atoms with Crippen LogP contribution in [0.1, 0.15) is 11.1 Å². The van der Waals surface area contributed by atoms with Crippen molar-refractivity contribution in [1.82, 2.24) is 4.98 Å². The maximum Gasteiger partial charge on any atom is 0.224 e. The normalized spacial score (nSPS) is 10.3. The minimum atomic E-state index is -0.368. The van der Waals surface area contributed by atoms with E-state index in [1.165, 1.54) is 12.1 Å². The molecule has 2 aromatic rings. The smallest absolute Gasteiger partial charge is 0.224 e. The summed E-state index contributed by atoms with van der Waals surface area (Å²) in [4.78, 5) is 4.01. The number of aryl methyl sites for hydroxylation is 1. The van der Waals surface area contributed by atoms with E-state index in [0.29, 0.717) is 17.2 Å². The monoisotopic (exact) mass is 233 g/mol. The Bertz CT molecular complexity index is 529.